The second kappa shape index (κ2) is 15.0. The summed E-state index contributed by atoms with van der Waals surface area (Å²) in [6.45, 7) is 3.37. The van der Waals surface area contributed by atoms with E-state index in [1.54, 1.807) is 23.6 Å². The van der Waals surface area contributed by atoms with Crippen molar-refractivity contribution >= 4 is 23.2 Å². The zero-order valence-corrected chi connectivity index (χ0v) is 26.5. The van der Waals surface area contributed by atoms with E-state index in [0.717, 1.165) is 42.0 Å². The number of carbonyl (C=O) groups excluding carboxylic acids is 2. The number of morpholine rings is 1. The Kier molecular flexibility index (Phi) is 10.4. The van der Waals surface area contributed by atoms with Crippen LogP contribution in [0.25, 0.3) is 11.1 Å². The van der Waals surface area contributed by atoms with Crippen LogP contribution in [0.5, 0.6) is 17.4 Å². The monoisotopic (exact) mass is 661 g/mol. The number of aliphatic hydroxyl groups is 1. The van der Waals surface area contributed by atoms with Crippen LogP contribution in [0.2, 0.25) is 0 Å². The molecule has 1 aliphatic heterocycles. The molecule has 0 unspecified atom stereocenters. The molecule has 11 nitrogen and oxygen atoms in total. The maximum atomic E-state index is 14.3. The van der Waals surface area contributed by atoms with Gasteiger partial charge in [-0.05, 0) is 72.7 Å². The van der Waals surface area contributed by atoms with Crippen LogP contribution < -0.4 is 15.4 Å². The van der Waals surface area contributed by atoms with E-state index in [0.29, 0.717) is 56.2 Å². The largest absolute Gasteiger partial charge is 0.508 e. The average Bonchev–Trinajstić information content (AvgIpc) is 3.57. The van der Waals surface area contributed by atoms with Gasteiger partial charge in [-0.2, -0.15) is 0 Å². The summed E-state index contributed by atoms with van der Waals surface area (Å²) in [5, 5.41) is 27.5. The lowest BCUT2D eigenvalue weighted by molar-refractivity contribution is 0.0342. The smallest absolute Gasteiger partial charge is 0.270 e. The first-order valence-electron chi connectivity index (χ1n) is 15.6. The molecule has 0 radical (unpaired) electrons. The van der Waals surface area contributed by atoms with Gasteiger partial charge in [0.2, 0.25) is 5.88 Å². The highest BCUT2D eigenvalue weighted by Crippen LogP contribution is 2.33. The fourth-order valence-electron chi connectivity index (χ4n) is 5.89. The number of ether oxygens (including phenoxy) is 2. The van der Waals surface area contributed by atoms with E-state index in [1.807, 2.05) is 24.3 Å². The molecule has 1 aliphatic carbocycles. The molecule has 2 fully saturated rings. The van der Waals surface area contributed by atoms with Crippen LogP contribution >= 0.6 is 11.3 Å². The van der Waals surface area contributed by atoms with Crippen LogP contribution in [-0.2, 0) is 17.9 Å². The first-order valence-corrected chi connectivity index (χ1v) is 16.5. The SMILES string of the molecule is O=C(N[C@H]1CC[C@H](NC(=O)c2cc(F)cnc2Oc2cccc(-c3ccc(O)cc3CN3CCOCC3)c2)CC1)c1csc(CO)n1. The van der Waals surface area contributed by atoms with Gasteiger partial charge in [0.25, 0.3) is 11.8 Å². The quantitative estimate of drug-likeness (QED) is 0.191. The first-order chi connectivity index (χ1) is 22.8. The summed E-state index contributed by atoms with van der Waals surface area (Å²) in [6, 6.07) is 13.5. The Labute approximate surface area is 275 Å². The molecular weight excluding hydrogens is 625 g/mol. The van der Waals surface area contributed by atoms with Crippen molar-refractivity contribution in [2.75, 3.05) is 26.3 Å². The minimum absolute atomic E-state index is 0.0215. The number of aromatic nitrogens is 2. The van der Waals surface area contributed by atoms with Crippen molar-refractivity contribution in [3.8, 4) is 28.5 Å². The summed E-state index contributed by atoms with van der Waals surface area (Å²) in [5.41, 5.74) is 3.00. The molecular formula is C34H36FN5O6S. The molecule has 1 saturated carbocycles. The van der Waals surface area contributed by atoms with Gasteiger partial charge in [-0.1, -0.05) is 18.2 Å². The Morgan fingerprint density at radius 2 is 1.77 bits per heavy atom. The predicted octanol–water partition coefficient (Wildman–Crippen LogP) is 4.64. The summed E-state index contributed by atoms with van der Waals surface area (Å²) in [4.78, 5) is 36.4. The second-order valence-electron chi connectivity index (χ2n) is 11.6. The van der Waals surface area contributed by atoms with E-state index in [1.165, 1.54) is 11.3 Å². The molecule has 6 rings (SSSR count). The number of amides is 2. The predicted molar refractivity (Wildman–Crippen MR) is 173 cm³/mol. The lowest BCUT2D eigenvalue weighted by Gasteiger charge is -2.29. The molecule has 3 heterocycles. The van der Waals surface area contributed by atoms with E-state index in [2.05, 4.69) is 25.5 Å². The van der Waals surface area contributed by atoms with Gasteiger partial charge < -0.3 is 30.3 Å². The Balaban J connectivity index is 1.11. The van der Waals surface area contributed by atoms with E-state index in [4.69, 9.17) is 9.47 Å². The maximum Gasteiger partial charge on any atom is 0.270 e. The highest BCUT2D eigenvalue weighted by atomic mass is 32.1. The lowest BCUT2D eigenvalue weighted by Crippen LogP contribution is -2.44. The average molecular weight is 662 g/mol. The normalized spacial score (nSPS) is 18.4. The van der Waals surface area contributed by atoms with Gasteiger partial charge in [0.1, 0.15) is 33.6 Å². The third-order valence-corrected chi connectivity index (χ3v) is 9.16. The Bertz CT molecular complexity index is 1720. The lowest BCUT2D eigenvalue weighted by atomic mass is 9.91. The van der Waals surface area contributed by atoms with Crippen LogP contribution in [0.4, 0.5) is 4.39 Å². The van der Waals surface area contributed by atoms with Crippen LogP contribution in [0.3, 0.4) is 0 Å². The molecule has 1 saturated heterocycles. The van der Waals surface area contributed by atoms with Crippen molar-refractivity contribution in [2.24, 2.45) is 0 Å². The van der Waals surface area contributed by atoms with Gasteiger partial charge in [0.15, 0.2) is 0 Å². The highest BCUT2D eigenvalue weighted by Gasteiger charge is 2.26. The molecule has 47 heavy (non-hydrogen) atoms. The topological polar surface area (TPSA) is 146 Å². The van der Waals surface area contributed by atoms with Crippen molar-refractivity contribution in [1.29, 1.82) is 0 Å². The molecule has 4 N–H and O–H groups in total. The van der Waals surface area contributed by atoms with Crippen LogP contribution in [0.1, 0.15) is 57.1 Å². The molecule has 2 aromatic heterocycles. The van der Waals surface area contributed by atoms with Gasteiger partial charge in [0, 0.05) is 37.1 Å². The van der Waals surface area contributed by atoms with E-state index >= 15 is 0 Å². The molecule has 2 aliphatic rings. The minimum atomic E-state index is -0.661. The van der Waals surface area contributed by atoms with Crippen molar-refractivity contribution in [2.45, 2.75) is 50.9 Å². The Hall–Kier alpha value is -4.43. The summed E-state index contributed by atoms with van der Waals surface area (Å²) < 4.78 is 25.9. The maximum absolute atomic E-state index is 14.3. The number of thiazole rings is 1. The standard InChI is InChI=1S/C34H36FN5O6S/c35-23-16-29(32(43)37-24-4-6-25(7-5-24)38-33(44)30-20-47-31(19-41)39-30)34(36-17-23)46-27-3-1-2-21(15-27)28-9-8-26(42)14-22(28)18-40-10-12-45-13-11-40/h1-3,8-9,14-17,20,24-25,41-42H,4-7,10-13,18-19H2,(H,37,43)(H,38,44)/t24-,25-. The Morgan fingerprint density at radius 3 is 2.49 bits per heavy atom. The fraction of sp³-hybridized carbons (Fsp3) is 0.353. The van der Waals surface area contributed by atoms with E-state index in [9.17, 15) is 24.2 Å². The van der Waals surface area contributed by atoms with Gasteiger partial charge >= 0.3 is 0 Å². The van der Waals surface area contributed by atoms with Gasteiger partial charge in [0.05, 0.1) is 26.0 Å². The summed E-state index contributed by atoms with van der Waals surface area (Å²) in [7, 11) is 0. The van der Waals surface area contributed by atoms with Gasteiger partial charge in [-0.25, -0.2) is 14.4 Å². The summed E-state index contributed by atoms with van der Waals surface area (Å²) in [6.07, 6.45) is 3.55. The number of nitrogens with zero attached hydrogens (tertiary/aromatic N) is 3. The summed E-state index contributed by atoms with van der Waals surface area (Å²) >= 11 is 1.23. The number of aromatic hydroxyl groups is 1. The number of hydrogen-bond acceptors (Lipinski definition) is 10. The number of benzene rings is 2. The minimum Gasteiger partial charge on any atom is -0.508 e. The molecule has 2 amide bonds. The van der Waals surface area contributed by atoms with Crippen molar-refractivity contribution in [3.63, 3.8) is 0 Å². The van der Waals surface area contributed by atoms with Crippen molar-refractivity contribution < 1.29 is 33.7 Å². The number of hydrogen-bond donors (Lipinski definition) is 4. The van der Waals surface area contributed by atoms with Gasteiger partial charge in [-0.15, -0.1) is 11.3 Å². The van der Waals surface area contributed by atoms with Crippen LogP contribution in [0.15, 0.2) is 60.1 Å². The number of aliphatic hydroxyl groups excluding tert-OH is 1. The molecule has 13 heteroatoms. The molecule has 4 aromatic rings. The molecule has 0 bridgehead atoms. The number of rotatable bonds is 10. The van der Waals surface area contributed by atoms with Crippen molar-refractivity contribution in [3.05, 3.63) is 87.8 Å². The van der Waals surface area contributed by atoms with Crippen LogP contribution in [0, 0.1) is 5.82 Å². The zero-order chi connectivity index (χ0) is 32.8. The second-order valence-corrected chi connectivity index (χ2v) is 12.6. The molecule has 0 atom stereocenters. The molecule has 0 spiro atoms. The van der Waals surface area contributed by atoms with E-state index < -0.39 is 11.7 Å². The fourth-order valence-corrected chi connectivity index (χ4v) is 6.53. The van der Waals surface area contributed by atoms with Crippen LogP contribution in [-0.4, -0.2) is 75.3 Å². The summed E-state index contributed by atoms with van der Waals surface area (Å²) in [5.74, 6) is -0.868. The third kappa shape index (κ3) is 8.30. The number of phenolic OH excluding ortho intramolecular Hbond substituents is 1. The first kappa shape index (κ1) is 32.5. The highest BCUT2D eigenvalue weighted by molar-refractivity contribution is 7.09. The van der Waals surface area contributed by atoms with Gasteiger partial charge in [-0.3, -0.25) is 14.5 Å². The third-order valence-electron chi connectivity index (χ3n) is 8.33. The Morgan fingerprint density at radius 1 is 1.02 bits per heavy atom. The number of phenols is 1. The number of carbonyl (C=O) groups is 2. The van der Waals surface area contributed by atoms with E-state index in [-0.39, 0.29) is 47.5 Å². The van der Waals surface area contributed by atoms with Crippen molar-refractivity contribution in [1.82, 2.24) is 25.5 Å². The zero-order valence-electron chi connectivity index (χ0n) is 25.7. The molecule has 2 aromatic carbocycles. The molecule has 246 valence electrons. The number of nitrogens with one attached hydrogen (secondary N) is 2. The number of halogens is 1. The number of pyridine rings is 1.